The summed E-state index contributed by atoms with van der Waals surface area (Å²) in [6, 6.07) is 19.8. The van der Waals surface area contributed by atoms with Crippen molar-refractivity contribution < 1.29 is 14.0 Å². The van der Waals surface area contributed by atoms with Crippen molar-refractivity contribution in [1.29, 1.82) is 0 Å². The van der Waals surface area contributed by atoms with Gasteiger partial charge in [0.25, 0.3) is 5.91 Å². The van der Waals surface area contributed by atoms with Crippen LogP contribution >= 0.6 is 23.2 Å². The fourth-order valence-electron chi connectivity index (χ4n) is 4.75. The molecule has 176 valence electrons. The second-order valence-electron chi connectivity index (χ2n) is 8.77. The fourth-order valence-corrected chi connectivity index (χ4v) is 5.05. The van der Waals surface area contributed by atoms with E-state index in [9.17, 15) is 9.59 Å². The van der Waals surface area contributed by atoms with Crippen LogP contribution in [0.3, 0.4) is 0 Å². The number of para-hydroxylation sites is 2. The Hall–Kier alpha value is -3.48. The summed E-state index contributed by atoms with van der Waals surface area (Å²) in [5.74, 6) is 0.232. The van der Waals surface area contributed by atoms with Gasteiger partial charge in [-0.3, -0.25) is 14.5 Å². The van der Waals surface area contributed by atoms with E-state index in [1.165, 1.54) is 0 Å². The van der Waals surface area contributed by atoms with E-state index < -0.39 is 6.04 Å². The highest BCUT2D eigenvalue weighted by molar-refractivity contribution is 6.42. The topological polar surface area (TPSA) is 58.7 Å². The van der Waals surface area contributed by atoms with Crippen LogP contribution in [0.15, 0.2) is 83.6 Å². The molecule has 0 spiro atoms. The largest absolute Gasteiger partial charge is 0.467 e. The van der Waals surface area contributed by atoms with Crippen LogP contribution < -0.4 is 4.90 Å². The number of carbonyl (C=O) groups is 2. The lowest BCUT2D eigenvalue weighted by Gasteiger charge is -2.38. The lowest BCUT2D eigenvalue weighted by atomic mass is 10.0. The number of anilines is 1. The molecule has 2 amide bonds. The zero-order valence-electron chi connectivity index (χ0n) is 18.6. The van der Waals surface area contributed by atoms with E-state index in [4.69, 9.17) is 27.6 Å². The maximum Gasteiger partial charge on any atom is 0.254 e. The zero-order valence-corrected chi connectivity index (χ0v) is 20.1. The van der Waals surface area contributed by atoms with E-state index in [0.29, 0.717) is 21.4 Å². The van der Waals surface area contributed by atoms with Crippen molar-refractivity contribution in [2.24, 2.45) is 0 Å². The van der Waals surface area contributed by atoms with Crippen LogP contribution in [0.1, 0.15) is 40.7 Å². The molecule has 2 aromatic carbocycles. The molecule has 2 aliphatic rings. The van der Waals surface area contributed by atoms with Gasteiger partial charge in [0.15, 0.2) is 0 Å². The highest BCUT2D eigenvalue weighted by atomic mass is 35.5. The Morgan fingerprint density at radius 3 is 2.46 bits per heavy atom. The van der Waals surface area contributed by atoms with Gasteiger partial charge in [0.2, 0.25) is 5.91 Å². The van der Waals surface area contributed by atoms with Crippen molar-refractivity contribution in [3.63, 3.8) is 0 Å². The number of nitrogens with zero attached hydrogens (tertiary/aromatic N) is 3. The Morgan fingerprint density at radius 2 is 1.74 bits per heavy atom. The van der Waals surface area contributed by atoms with Gasteiger partial charge < -0.3 is 13.9 Å². The van der Waals surface area contributed by atoms with Crippen LogP contribution in [0.5, 0.6) is 0 Å². The van der Waals surface area contributed by atoms with E-state index >= 15 is 0 Å². The van der Waals surface area contributed by atoms with Crippen LogP contribution in [0.2, 0.25) is 10.0 Å². The van der Waals surface area contributed by atoms with Crippen molar-refractivity contribution in [3.8, 4) is 5.69 Å². The van der Waals surface area contributed by atoms with Gasteiger partial charge in [-0.15, -0.1) is 0 Å². The molecule has 6 rings (SSSR count). The van der Waals surface area contributed by atoms with Crippen LogP contribution in [0, 0.1) is 0 Å². The summed E-state index contributed by atoms with van der Waals surface area (Å²) >= 11 is 12.2. The maximum atomic E-state index is 14.0. The van der Waals surface area contributed by atoms with Crippen molar-refractivity contribution in [3.05, 3.63) is 106 Å². The number of amides is 2. The zero-order chi connectivity index (χ0) is 24.1. The standard InChI is InChI=1S/C27H21Cl2N3O3/c28-19-12-9-17(15-20(19)29)27(34)31(18-10-11-18)16-25(33)32-22-6-2-1-5-21(22)30-13-3-7-23(30)26(32)24-8-4-14-35-24/h1-9,12-15,18,26H,10-11,16H2. The molecule has 1 atom stereocenters. The van der Waals surface area contributed by atoms with Gasteiger partial charge in [-0.05, 0) is 67.4 Å². The highest BCUT2D eigenvalue weighted by Crippen LogP contribution is 2.42. The number of benzene rings is 2. The first-order valence-electron chi connectivity index (χ1n) is 11.4. The fraction of sp³-hybridized carbons (Fsp3) is 0.185. The molecule has 35 heavy (non-hydrogen) atoms. The van der Waals surface area contributed by atoms with Gasteiger partial charge in [0.05, 0.1) is 33.4 Å². The number of hydrogen-bond donors (Lipinski definition) is 0. The van der Waals surface area contributed by atoms with E-state index in [0.717, 1.165) is 29.9 Å². The molecule has 4 aromatic rings. The minimum atomic E-state index is -0.455. The third-order valence-corrected chi connectivity index (χ3v) is 7.26. The number of aromatic nitrogens is 1. The van der Waals surface area contributed by atoms with Crippen LogP contribution in [-0.2, 0) is 4.79 Å². The van der Waals surface area contributed by atoms with Gasteiger partial charge in [0.1, 0.15) is 18.3 Å². The summed E-state index contributed by atoms with van der Waals surface area (Å²) in [6.07, 6.45) is 5.31. The number of halogens is 2. The van der Waals surface area contributed by atoms with E-state index in [-0.39, 0.29) is 24.4 Å². The molecule has 0 radical (unpaired) electrons. The summed E-state index contributed by atoms with van der Waals surface area (Å²) in [6.45, 7) is -0.0595. The Balaban J connectivity index is 1.39. The van der Waals surface area contributed by atoms with Crippen molar-refractivity contribution in [2.45, 2.75) is 24.9 Å². The van der Waals surface area contributed by atoms with Gasteiger partial charge in [-0.25, -0.2) is 0 Å². The molecular formula is C27H21Cl2N3O3. The lowest BCUT2D eigenvalue weighted by molar-refractivity contribution is -0.120. The van der Waals surface area contributed by atoms with Gasteiger partial charge in [-0.1, -0.05) is 35.3 Å². The summed E-state index contributed by atoms with van der Waals surface area (Å²) in [5.41, 5.74) is 2.99. The van der Waals surface area contributed by atoms with Crippen LogP contribution in [0.25, 0.3) is 5.69 Å². The smallest absolute Gasteiger partial charge is 0.254 e. The molecule has 0 bridgehead atoms. The Kier molecular flexibility index (Phi) is 5.43. The molecule has 1 unspecified atom stereocenters. The number of hydrogen-bond acceptors (Lipinski definition) is 3. The second-order valence-corrected chi connectivity index (χ2v) is 9.58. The maximum absolute atomic E-state index is 14.0. The Bertz CT molecular complexity index is 1430. The molecule has 0 N–H and O–H groups in total. The lowest BCUT2D eigenvalue weighted by Crippen LogP contribution is -2.47. The van der Waals surface area contributed by atoms with Crippen LogP contribution in [-0.4, -0.2) is 33.9 Å². The molecule has 1 aliphatic heterocycles. The third-order valence-electron chi connectivity index (χ3n) is 6.52. The average Bonchev–Trinajstić information content (AvgIpc) is 3.34. The van der Waals surface area contributed by atoms with Crippen molar-refractivity contribution in [2.75, 3.05) is 11.4 Å². The molecule has 1 saturated carbocycles. The monoisotopic (exact) mass is 505 g/mol. The highest BCUT2D eigenvalue weighted by Gasteiger charge is 2.41. The molecule has 1 fully saturated rings. The SMILES string of the molecule is O=C(c1ccc(Cl)c(Cl)c1)N(CC(=O)N1c2ccccc2-n2cccc2C1c1ccco1)C1CC1. The first-order chi connectivity index (χ1) is 17.0. The normalized spacial score (nSPS) is 16.5. The van der Waals surface area contributed by atoms with E-state index in [1.54, 1.807) is 34.3 Å². The summed E-state index contributed by atoms with van der Waals surface area (Å²) in [7, 11) is 0. The summed E-state index contributed by atoms with van der Waals surface area (Å²) in [4.78, 5) is 30.9. The second kappa shape index (κ2) is 8.63. The number of furan rings is 1. The van der Waals surface area contributed by atoms with Gasteiger partial charge >= 0.3 is 0 Å². The molecule has 2 aromatic heterocycles. The minimum absolute atomic E-state index is 0.0202. The quantitative estimate of drug-likeness (QED) is 0.328. The molecule has 0 saturated heterocycles. The molecule has 8 heteroatoms. The van der Waals surface area contributed by atoms with E-state index in [1.807, 2.05) is 54.7 Å². The number of fused-ring (bicyclic) bond motifs is 3. The number of carbonyl (C=O) groups excluding carboxylic acids is 2. The van der Waals surface area contributed by atoms with Gasteiger partial charge in [-0.2, -0.15) is 0 Å². The predicted molar refractivity (Wildman–Crippen MR) is 134 cm³/mol. The third kappa shape index (κ3) is 3.83. The first-order valence-corrected chi connectivity index (χ1v) is 12.2. The average molecular weight is 506 g/mol. The number of rotatable bonds is 5. The molecular weight excluding hydrogens is 485 g/mol. The van der Waals surface area contributed by atoms with E-state index in [2.05, 4.69) is 4.57 Å². The first kappa shape index (κ1) is 22.0. The van der Waals surface area contributed by atoms with Crippen LogP contribution in [0.4, 0.5) is 5.69 Å². The van der Waals surface area contributed by atoms with Crippen molar-refractivity contribution in [1.82, 2.24) is 9.47 Å². The molecule has 6 nitrogen and oxygen atoms in total. The predicted octanol–water partition coefficient (Wildman–Crippen LogP) is 6.12. The summed E-state index contributed by atoms with van der Waals surface area (Å²) in [5, 5.41) is 0.690. The van der Waals surface area contributed by atoms with Gasteiger partial charge in [0, 0.05) is 17.8 Å². The minimum Gasteiger partial charge on any atom is -0.467 e. The summed E-state index contributed by atoms with van der Waals surface area (Å²) < 4.78 is 7.86. The molecule has 3 heterocycles. The Morgan fingerprint density at radius 1 is 0.943 bits per heavy atom. The molecule has 1 aliphatic carbocycles. The Labute approximate surface area is 212 Å². The van der Waals surface area contributed by atoms with Crippen molar-refractivity contribution >= 4 is 40.7 Å².